The minimum atomic E-state index is -1.73. The number of benzene rings is 2. The second-order valence-corrected chi connectivity index (χ2v) is 6.59. The molecule has 0 saturated heterocycles. The molecule has 4 N–H and O–H groups in total. The molecular formula is C20H23NO4. The highest BCUT2D eigenvalue weighted by Gasteiger charge is 2.40. The molecule has 2 aromatic rings. The maximum Gasteiger partial charge on any atom is 0.252 e. The molecular weight excluding hydrogens is 318 g/mol. The zero-order chi connectivity index (χ0) is 17.9. The molecule has 1 amide bonds. The van der Waals surface area contributed by atoms with Gasteiger partial charge in [0.2, 0.25) is 0 Å². The fourth-order valence-electron chi connectivity index (χ4n) is 3.42. The van der Waals surface area contributed by atoms with Crippen molar-refractivity contribution in [2.75, 3.05) is 6.61 Å². The van der Waals surface area contributed by atoms with Crippen LogP contribution in [0, 0.1) is 0 Å². The van der Waals surface area contributed by atoms with E-state index in [1.165, 1.54) is 0 Å². The number of amides is 1. The largest absolute Gasteiger partial charge is 0.396 e. The number of aliphatic hydroxyl groups excluding tert-OH is 2. The predicted octanol–water partition coefficient (Wildman–Crippen LogP) is 1.12. The van der Waals surface area contributed by atoms with Crippen LogP contribution in [-0.2, 0) is 17.6 Å². The summed E-state index contributed by atoms with van der Waals surface area (Å²) in [7, 11) is 0. The molecule has 5 nitrogen and oxygen atoms in total. The van der Waals surface area contributed by atoms with Crippen LogP contribution < -0.4 is 5.32 Å². The minimum Gasteiger partial charge on any atom is -0.396 e. The van der Waals surface area contributed by atoms with E-state index in [-0.39, 0.29) is 19.4 Å². The minimum absolute atomic E-state index is 0.0712. The number of rotatable bonds is 6. The molecule has 3 atom stereocenters. The van der Waals surface area contributed by atoms with Gasteiger partial charge in [-0.2, -0.15) is 0 Å². The van der Waals surface area contributed by atoms with Crippen LogP contribution in [0.5, 0.6) is 0 Å². The summed E-state index contributed by atoms with van der Waals surface area (Å²) in [6.07, 6.45) is -0.224. The van der Waals surface area contributed by atoms with E-state index in [0.717, 1.165) is 16.7 Å². The van der Waals surface area contributed by atoms with Gasteiger partial charge in [-0.25, -0.2) is 0 Å². The lowest BCUT2D eigenvalue weighted by atomic mass is 9.90. The summed E-state index contributed by atoms with van der Waals surface area (Å²) < 4.78 is 0. The Kier molecular flexibility index (Phi) is 5.18. The van der Waals surface area contributed by atoms with Crippen LogP contribution in [0.4, 0.5) is 0 Å². The number of nitrogens with one attached hydrogen (secondary N) is 1. The van der Waals surface area contributed by atoms with E-state index in [9.17, 15) is 20.1 Å². The van der Waals surface area contributed by atoms with Crippen LogP contribution in [0.1, 0.15) is 29.2 Å². The highest BCUT2D eigenvalue weighted by Crippen LogP contribution is 2.32. The Morgan fingerprint density at radius 3 is 2.52 bits per heavy atom. The first-order valence-electron chi connectivity index (χ1n) is 8.47. The summed E-state index contributed by atoms with van der Waals surface area (Å²) >= 11 is 0. The Morgan fingerprint density at radius 1 is 1.12 bits per heavy atom. The van der Waals surface area contributed by atoms with Crippen LogP contribution >= 0.6 is 0 Å². The van der Waals surface area contributed by atoms with Gasteiger partial charge in [0.1, 0.15) is 5.60 Å². The first-order chi connectivity index (χ1) is 12.0. The van der Waals surface area contributed by atoms with E-state index in [1.54, 1.807) is 0 Å². The van der Waals surface area contributed by atoms with Crippen LogP contribution in [0.15, 0.2) is 54.6 Å². The van der Waals surface area contributed by atoms with Gasteiger partial charge in [-0.3, -0.25) is 4.79 Å². The van der Waals surface area contributed by atoms with E-state index >= 15 is 0 Å². The first-order valence-corrected chi connectivity index (χ1v) is 8.47. The summed E-state index contributed by atoms with van der Waals surface area (Å²) in [6.45, 7) is -0.305. The molecule has 132 valence electrons. The van der Waals surface area contributed by atoms with Crippen molar-refractivity contribution in [2.24, 2.45) is 0 Å². The first kappa shape index (κ1) is 17.6. The van der Waals surface area contributed by atoms with E-state index in [1.807, 2.05) is 54.6 Å². The summed E-state index contributed by atoms with van der Waals surface area (Å²) in [6, 6.07) is 16.2. The van der Waals surface area contributed by atoms with Gasteiger partial charge in [-0.15, -0.1) is 0 Å². The number of aliphatic hydroxyl groups is 3. The summed E-state index contributed by atoms with van der Waals surface area (Å²) in [5.74, 6) is -0.578. The number of fused-ring (bicyclic) bond motifs is 1. The second kappa shape index (κ2) is 7.35. The molecule has 1 aliphatic rings. The van der Waals surface area contributed by atoms with E-state index in [0.29, 0.717) is 6.42 Å². The van der Waals surface area contributed by atoms with Gasteiger partial charge in [0.15, 0.2) is 0 Å². The molecule has 2 aromatic carbocycles. The average Bonchev–Trinajstić information content (AvgIpc) is 2.91. The van der Waals surface area contributed by atoms with Gasteiger partial charge in [0.25, 0.3) is 5.91 Å². The lowest BCUT2D eigenvalue weighted by Gasteiger charge is -2.29. The monoisotopic (exact) mass is 341 g/mol. The summed E-state index contributed by atoms with van der Waals surface area (Å²) in [5.41, 5.74) is 0.942. The number of hydrogen-bond acceptors (Lipinski definition) is 4. The summed E-state index contributed by atoms with van der Waals surface area (Å²) in [4.78, 5) is 12.8. The van der Waals surface area contributed by atoms with Crippen molar-refractivity contribution in [2.45, 2.75) is 37.0 Å². The molecule has 5 heteroatoms. The molecule has 1 aliphatic carbocycles. The van der Waals surface area contributed by atoms with Gasteiger partial charge < -0.3 is 20.6 Å². The molecule has 0 bridgehead atoms. The standard InChI is InChI=1S/C20H23NO4/c22-11-10-20(25,13-14-6-2-1-3-7-14)19(24)21-18-16-9-5-4-8-15(16)12-17(18)23/h1-9,17-18,22-23,25H,10-13H2,(H,21,24)/t17-,18+,20?/m1/s1. The number of hydrogen-bond donors (Lipinski definition) is 4. The van der Waals surface area contributed by atoms with Crippen LogP contribution in [0.2, 0.25) is 0 Å². The molecule has 0 radical (unpaired) electrons. The topological polar surface area (TPSA) is 89.8 Å². The third-order valence-corrected chi connectivity index (χ3v) is 4.78. The number of carbonyl (C=O) groups is 1. The van der Waals surface area contributed by atoms with Gasteiger partial charge in [-0.1, -0.05) is 54.6 Å². The van der Waals surface area contributed by atoms with Gasteiger partial charge in [0, 0.05) is 25.9 Å². The van der Waals surface area contributed by atoms with Crippen LogP contribution in [-0.4, -0.2) is 39.5 Å². The zero-order valence-electron chi connectivity index (χ0n) is 13.9. The van der Waals surface area contributed by atoms with E-state index < -0.39 is 23.7 Å². The van der Waals surface area contributed by atoms with Gasteiger partial charge >= 0.3 is 0 Å². The highest BCUT2D eigenvalue weighted by atomic mass is 16.3. The Balaban J connectivity index is 1.79. The average molecular weight is 341 g/mol. The Hall–Kier alpha value is -2.21. The summed E-state index contributed by atoms with van der Waals surface area (Å²) in [5, 5.41) is 33.3. The maximum atomic E-state index is 12.8. The van der Waals surface area contributed by atoms with Crippen molar-refractivity contribution < 1.29 is 20.1 Å². The molecule has 0 spiro atoms. The molecule has 0 aromatic heterocycles. The van der Waals surface area contributed by atoms with E-state index in [2.05, 4.69) is 5.32 Å². The zero-order valence-corrected chi connectivity index (χ0v) is 13.9. The lowest BCUT2D eigenvalue weighted by Crippen LogP contribution is -2.51. The van der Waals surface area contributed by atoms with Crippen molar-refractivity contribution in [3.8, 4) is 0 Å². The molecule has 3 rings (SSSR count). The van der Waals surface area contributed by atoms with Gasteiger partial charge in [0.05, 0.1) is 12.1 Å². The normalized spacial score (nSPS) is 21.4. The van der Waals surface area contributed by atoms with Crippen molar-refractivity contribution in [3.05, 3.63) is 71.3 Å². The Morgan fingerprint density at radius 2 is 1.80 bits per heavy atom. The molecule has 0 aliphatic heterocycles. The molecule has 0 fully saturated rings. The SMILES string of the molecule is O=C(N[C@H]1c2ccccc2C[C@H]1O)C(O)(CCO)Cc1ccccc1. The Bertz CT molecular complexity index is 733. The van der Waals surface area contributed by atoms with Crippen molar-refractivity contribution in [3.63, 3.8) is 0 Å². The van der Waals surface area contributed by atoms with Crippen molar-refractivity contribution in [1.29, 1.82) is 0 Å². The highest BCUT2D eigenvalue weighted by molar-refractivity contribution is 5.86. The van der Waals surface area contributed by atoms with Gasteiger partial charge in [-0.05, 0) is 16.7 Å². The Labute approximate surface area is 146 Å². The molecule has 25 heavy (non-hydrogen) atoms. The van der Waals surface area contributed by atoms with Crippen LogP contribution in [0.25, 0.3) is 0 Å². The molecule has 1 unspecified atom stereocenters. The van der Waals surface area contributed by atoms with Crippen molar-refractivity contribution in [1.82, 2.24) is 5.32 Å². The maximum absolute atomic E-state index is 12.8. The second-order valence-electron chi connectivity index (χ2n) is 6.59. The van der Waals surface area contributed by atoms with E-state index in [4.69, 9.17) is 0 Å². The molecule has 0 heterocycles. The third-order valence-electron chi connectivity index (χ3n) is 4.78. The van der Waals surface area contributed by atoms with Crippen molar-refractivity contribution >= 4 is 5.91 Å². The number of carbonyl (C=O) groups excluding carboxylic acids is 1. The fourth-order valence-corrected chi connectivity index (χ4v) is 3.42. The quantitative estimate of drug-likeness (QED) is 0.634. The third kappa shape index (κ3) is 3.74. The smallest absolute Gasteiger partial charge is 0.252 e. The fraction of sp³-hybridized carbons (Fsp3) is 0.350. The predicted molar refractivity (Wildman–Crippen MR) is 93.8 cm³/mol. The lowest BCUT2D eigenvalue weighted by molar-refractivity contribution is -0.143. The van der Waals surface area contributed by atoms with Crippen LogP contribution in [0.3, 0.4) is 0 Å². The molecule has 0 saturated carbocycles.